The number of hydrogen-bond acceptors (Lipinski definition) is 3. The predicted molar refractivity (Wildman–Crippen MR) is 125 cm³/mol. The maximum Gasteiger partial charge on any atom is 0.257 e. The summed E-state index contributed by atoms with van der Waals surface area (Å²) in [4.78, 5) is 27.1. The molecule has 0 aromatic carbocycles. The first kappa shape index (κ1) is 24.0. The molecule has 0 saturated heterocycles. The number of ketones is 1. The fourth-order valence-corrected chi connectivity index (χ4v) is 6.70. The van der Waals surface area contributed by atoms with E-state index in [0.717, 1.165) is 19.3 Å². The van der Waals surface area contributed by atoms with Gasteiger partial charge in [-0.05, 0) is 62.9 Å². The Hall–Kier alpha value is -1.68. The summed E-state index contributed by atoms with van der Waals surface area (Å²) in [6.45, 7) is 15.2. The van der Waals surface area contributed by atoms with Gasteiger partial charge in [0, 0.05) is 25.4 Å². The minimum absolute atomic E-state index is 0.00147. The maximum atomic E-state index is 14.1. The van der Waals surface area contributed by atoms with Gasteiger partial charge in [0.25, 0.3) is 5.91 Å². The van der Waals surface area contributed by atoms with E-state index in [-0.39, 0.29) is 40.4 Å². The highest BCUT2D eigenvalue weighted by molar-refractivity contribution is 6.22. The molecule has 0 radical (unpaired) electrons. The number of carbonyl (C=O) groups is 2. The topological polar surface area (TPSA) is 55.4 Å². The van der Waals surface area contributed by atoms with Crippen LogP contribution in [0.1, 0.15) is 74.1 Å². The molecule has 1 heterocycles. The lowest BCUT2D eigenvalue weighted by Crippen LogP contribution is -2.48. The Morgan fingerprint density at radius 3 is 2.58 bits per heavy atom. The molecular weight excluding hydrogens is 386 g/mol. The van der Waals surface area contributed by atoms with E-state index in [1.165, 1.54) is 11.1 Å². The number of carbonyl (C=O) groups excluding carboxylic acids is 2. The molecule has 0 aromatic heterocycles. The molecule has 1 N–H and O–H groups in total. The van der Waals surface area contributed by atoms with Crippen molar-refractivity contribution in [1.29, 1.82) is 0 Å². The molecule has 1 fully saturated rings. The normalized spacial score (nSPS) is 38.5. The molecule has 0 aromatic rings. The van der Waals surface area contributed by atoms with Gasteiger partial charge in [-0.2, -0.15) is 0 Å². The lowest BCUT2D eigenvalue weighted by atomic mass is 9.52. The molecule has 3 aliphatic rings. The number of rotatable bonds is 6. The summed E-state index contributed by atoms with van der Waals surface area (Å²) >= 11 is 0. The number of fused-ring (bicyclic) bond motifs is 1. The largest absolute Gasteiger partial charge is 0.355 e. The first-order valence-corrected chi connectivity index (χ1v) is 11.9. The zero-order valence-electron chi connectivity index (χ0n) is 20.7. The minimum atomic E-state index is -0.884. The van der Waals surface area contributed by atoms with Gasteiger partial charge in [-0.15, -0.1) is 0 Å². The van der Waals surface area contributed by atoms with E-state index in [4.69, 9.17) is 4.74 Å². The molecule has 0 bridgehead atoms. The molecule has 1 amide bonds. The molecule has 4 heteroatoms. The van der Waals surface area contributed by atoms with E-state index >= 15 is 0 Å². The third-order valence-corrected chi connectivity index (χ3v) is 7.98. The molecule has 0 spiro atoms. The fraction of sp³-hybridized carbons (Fsp3) is 0.704. The predicted octanol–water partition coefficient (Wildman–Crippen LogP) is 5.60. The Morgan fingerprint density at radius 1 is 1.32 bits per heavy atom. The minimum Gasteiger partial charge on any atom is -0.355 e. The van der Waals surface area contributed by atoms with Crippen LogP contribution in [0.5, 0.6) is 0 Å². The van der Waals surface area contributed by atoms with Crippen molar-refractivity contribution < 1.29 is 14.3 Å². The molecule has 2 aliphatic carbocycles. The highest BCUT2D eigenvalue weighted by Gasteiger charge is 2.53. The number of nitrogens with one attached hydrogen (secondary N) is 1. The van der Waals surface area contributed by atoms with E-state index in [9.17, 15) is 9.59 Å². The van der Waals surface area contributed by atoms with E-state index in [2.05, 4.69) is 59.0 Å². The SMILES string of the molecule is CC=C(C)C1C(C)=CC2(C)CC(C)CCC2C1C(=O)C1=CC(CC(C)C)(OC)NC1=O. The van der Waals surface area contributed by atoms with Crippen molar-refractivity contribution >= 4 is 11.7 Å². The van der Waals surface area contributed by atoms with Crippen molar-refractivity contribution in [1.82, 2.24) is 5.32 Å². The van der Waals surface area contributed by atoms with Gasteiger partial charge in [0.05, 0.1) is 5.57 Å². The smallest absolute Gasteiger partial charge is 0.257 e. The number of hydrogen-bond donors (Lipinski definition) is 1. The van der Waals surface area contributed by atoms with Crippen molar-refractivity contribution in [2.24, 2.45) is 35.0 Å². The molecule has 3 rings (SSSR count). The third kappa shape index (κ3) is 4.33. The van der Waals surface area contributed by atoms with E-state index < -0.39 is 5.72 Å². The summed E-state index contributed by atoms with van der Waals surface area (Å²) in [6.07, 6.45) is 10.2. The summed E-state index contributed by atoms with van der Waals surface area (Å²) in [7, 11) is 1.60. The molecule has 6 unspecified atom stereocenters. The van der Waals surface area contributed by atoms with Crippen molar-refractivity contribution in [3.05, 3.63) is 34.9 Å². The van der Waals surface area contributed by atoms with Crippen LogP contribution >= 0.6 is 0 Å². The van der Waals surface area contributed by atoms with Crippen LogP contribution in [0.3, 0.4) is 0 Å². The van der Waals surface area contributed by atoms with Crippen LogP contribution in [0.25, 0.3) is 0 Å². The van der Waals surface area contributed by atoms with Crippen molar-refractivity contribution in [3.8, 4) is 0 Å². The summed E-state index contributed by atoms with van der Waals surface area (Å²) in [6, 6.07) is 0. The number of methoxy groups -OCH3 is 1. The van der Waals surface area contributed by atoms with Gasteiger partial charge in [-0.3, -0.25) is 9.59 Å². The molecular formula is C27H41NO3. The third-order valence-electron chi connectivity index (χ3n) is 7.98. The number of allylic oxidation sites excluding steroid dienone is 4. The van der Waals surface area contributed by atoms with Crippen LogP contribution < -0.4 is 5.32 Å². The van der Waals surface area contributed by atoms with Crippen LogP contribution in [-0.4, -0.2) is 24.5 Å². The molecule has 4 nitrogen and oxygen atoms in total. The van der Waals surface area contributed by atoms with Gasteiger partial charge < -0.3 is 10.1 Å². The van der Waals surface area contributed by atoms with Gasteiger partial charge in [0.15, 0.2) is 11.5 Å². The summed E-state index contributed by atoms with van der Waals surface area (Å²) < 4.78 is 5.72. The molecule has 172 valence electrons. The molecule has 6 atom stereocenters. The first-order chi connectivity index (χ1) is 14.5. The van der Waals surface area contributed by atoms with Crippen molar-refractivity contribution in [2.75, 3.05) is 7.11 Å². The fourth-order valence-electron chi connectivity index (χ4n) is 6.70. The zero-order chi connectivity index (χ0) is 23.1. The lowest BCUT2D eigenvalue weighted by Gasteiger charge is -2.52. The Morgan fingerprint density at radius 2 is 2.00 bits per heavy atom. The lowest BCUT2D eigenvalue weighted by molar-refractivity contribution is -0.129. The quantitative estimate of drug-likeness (QED) is 0.443. The van der Waals surface area contributed by atoms with Crippen LogP contribution in [0.15, 0.2) is 34.9 Å². The second-order valence-electron chi connectivity index (χ2n) is 11.0. The average Bonchev–Trinajstić information content (AvgIpc) is 3.00. The van der Waals surface area contributed by atoms with Crippen LogP contribution in [0, 0.1) is 35.0 Å². The van der Waals surface area contributed by atoms with E-state index in [0.29, 0.717) is 18.3 Å². The number of ether oxygens (including phenoxy) is 1. The Balaban J connectivity index is 2.08. The highest BCUT2D eigenvalue weighted by atomic mass is 16.5. The standard InChI is InChI=1S/C27H41NO3/c1-9-18(5)22-19(6)14-26(7)13-17(4)10-11-21(26)23(22)24(29)20-15-27(31-8,12-16(2)3)28-25(20)30/h9,14-17,21-23H,10-13H2,1-8H3,(H,28,30). The Bertz CT molecular complexity index is 835. The summed E-state index contributed by atoms with van der Waals surface area (Å²) in [5, 5.41) is 2.97. The molecule has 31 heavy (non-hydrogen) atoms. The average molecular weight is 428 g/mol. The van der Waals surface area contributed by atoms with E-state index in [1.54, 1.807) is 13.2 Å². The maximum absolute atomic E-state index is 14.1. The second kappa shape index (κ2) is 8.69. The van der Waals surface area contributed by atoms with Gasteiger partial charge in [-0.1, -0.05) is 57.4 Å². The van der Waals surface area contributed by atoms with Crippen LogP contribution in [0.2, 0.25) is 0 Å². The van der Waals surface area contributed by atoms with Crippen molar-refractivity contribution in [3.63, 3.8) is 0 Å². The van der Waals surface area contributed by atoms with Gasteiger partial charge in [0.2, 0.25) is 0 Å². The number of Topliss-reactive ketones (excluding diaryl/α,β-unsaturated/α-hetero) is 1. The summed E-state index contributed by atoms with van der Waals surface area (Å²) in [5.74, 6) is 0.777. The zero-order valence-corrected chi connectivity index (χ0v) is 20.7. The van der Waals surface area contributed by atoms with Crippen LogP contribution in [0.4, 0.5) is 0 Å². The van der Waals surface area contributed by atoms with Gasteiger partial charge in [-0.25, -0.2) is 0 Å². The van der Waals surface area contributed by atoms with Gasteiger partial charge >= 0.3 is 0 Å². The Kier molecular flexibility index (Phi) is 6.72. The van der Waals surface area contributed by atoms with Gasteiger partial charge in [0.1, 0.15) is 0 Å². The van der Waals surface area contributed by atoms with Crippen molar-refractivity contribution in [2.45, 2.75) is 79.9 Å². The Labute approximate surface area is 188 Å². The molecule has 1 aliphatic heterocycles. The number of amides is 1. The summed E-state index contributed by atoms with van der Waals surface area (Å²) in [5.41, 5.74) is 1.88. The second-order valence-corrected chi connectivity index (χ2v) is 11.0. The molecule has 1 saturated carbocycles. The van der Waals surface area contributed by atoms with E-state index in [1.807, 2.05) is 6.92 Å². The van der Waals surface area contributed by atoms with Crippen LogP contribution in [-0.2, 0) is 14.3 Å². The first-order valence-electron chi connectivity index (χ1n) is 11.9. The monoisotopic (exact) mass is 427 g/mol. The highest BCUT2D eigenvalue weighted by Crippen LogP contribution is 2.56.